The molecule has 0 N–H and O–H groups in total. The van der Waals surface area contributed by atoms with Gasteiger partial charge in [-0.2, -0.15) is 12.6 Å². The summed E-state index contributed by atoms with van der Waals surface area (Å²) < 4.78 is 5.16. The number of rotatable bonds is 6. The van der Waals surface area contributed by atoms with E-state index in [1.54, 1.807) is 7.11 Å². The molecule has 0 aliphatic heterocycles. The fourth-order valence-corrected chi connectivity index (χ4v) is 2.63. The maximum Gasteiger partial charge on any atom is 0.118 e. The minimum Gasteiger partial charge on any atom is -0.497 e. The molecule has 0 heterocycles. The molecule has 2 nitrogen and oxygen atoms in total. The molecule has 0 radical (unpaired) electrons. The summed E-state index contributed by atoms with van der Waals surface area (Å²) in [4.78, 5) is 2.39. The van der Waals surface area contributed by atoms with E-state index in [1.165, 1.54) is 18.4 Å². The molecule has 1 aliphatic rings. The second kappa shape index (κ2) is 5.32. The van der Waals surface area contributed by atoms with Gasteiger partial charge in [0.2, 0.25) is 0 Å². The monoisotopic (exact) mass is 251 g/mol. The predicted octanol–water partition coefficient (Wildman–Crippen LogP) is 2.84. The highest BCUT2D eigenvalue weighted by molar-refractivity contribution is 7.80. The highest BCUT2D eigenvalue weighted by Crippen LogP contribution is 2.46. The molecule has 0 saturated heterocycles. The summed E-state index contributed by atoms with van der Waals surface area (Å²) in [5.74, 6) is 1.94. The van der Waals surface area contributed by atoms with Gasteiger partial charge in [0.05, 0.1) is 7.11 Å². The van der Waals surface area contributed by atoms with E-state index in [4.69, 9.17) is 4.74 Å². The maximum atomic E-state index is 5.16. The molecule has 3 heteroatoms. The third kappa shape index (κ3) is 3.39. The first-order valence-electron chi connectivity index (χ1n) is 6.10. The number of benzene rings is 1. The summed E-state index contributed by atoms with van der Waals surface area (Å²) in [5, 5.41) is 0. The first-order chi connectivity index (χ1) is 8.17. The number of hydrogen-bond acceptors (Lipinski definition) is 3. The number of ether oxygens (including phenoxy) is 1. The smallest absolute Gasteiger partial charge is 0.118 e. The topological polar surface area (TPSA) is 12.5 Å². The van der Waals surface area contributed by atoms with Crippen LogP contribution in [0.3, 0.4) is 0 Å². The predicted molar refractivity (Wildman–Crippen MR) is 74.8 cm³/mol. The second-order valence-corrected chi connectivity index (χ2v) is 5.49. The van der Waals surface area contributed by atoms with Crippen molar-refractivity contribution in [2.45, 2.75) is 19.4 Å². The van der Waals surface area contributed by atoms with Crippen LogP contribution < -0.4 is 4.74 Å². The van der Waals surface area contributed by atoms with Gasteiger partial charge >= 0.3 is 0 Å². The van der Waals surface area contributed by atoms with Gasteiger partial charge in [0.1, 0.15) is 5.75 Å². The molecule has 0 aromatic heterocycles. The van der Waals surface area contributed by atoms with Gasteiger partial charge in [-0.25, -0.2) is 0 Å². The second-order valence-electron chi connectivity index (χ2n) is 5.18. The van der Waals surface area contributed by atoms with Gasteiger partial charge < -0.3 is 9.64 Å². The fraction of sp³-hybridized carbons (Fsp3) is 0.571. The Labute approximate surface area is 109 Å². The van der Waals surface area contributed by atoms with E-state index in [0.717, 1.165) is 24.6 Å². The van der Waals surface area contributed by atoms with Crippen LogP contribution in [0.5, 0.6) is 5.75 Å². The molecule has 1 aromatic carbocycles. The molecule has 17 heavy (non-hydrogen) atoms. The lowest BCUT2D eigenvalue weighted by atomic mass is 10.1. The van der Waals surface area contributed by atoms with E-state index in [-0.39, 0.29) is 0 Å². The van der Waals surface area contributed by atoms with Crippen molar-refractivity contribution in [2.75, 3.05) is 26.5 Å². The Morgan fingerprint density at radius 1 is 1.29 bits per heavy atom. The Balaban J connectivity index is 1.87. The average Bonchev–Trinajstić information content (AvgIpc) is 3.10. The van der Waals surface area contributed by atoms with Crippen LogP contribution >= 0.6 is 12.6 Å². The van der Waals surface area contributed by atoms with E-state index in [9.17, 15) is 0 Å². The molecule has 1 aromatic rings. The van der Waals surface area contributed by atoms with Crippen molar-refractivity contribution in [3.8, 4) is 5.75 Å². The van der Waals surface area contributed by atoms with Crippen LogP contribution in [0.25, 0.3) is 0 Å². The van der Waals surface area contributed by atoms with Crippen molar-refractivity contribution < 1.29 is 4.74 Å². The minimum atomic E-state index is 0.504. The Bertz CT molecular complexity index is 359. The molecule has 0 spiro atoms. The SMILES string of the molecule is COc1ccc(CN(C)CC2(CS)CC2)cc1. The molecule has 1 saturated carbocycles. The zero-order chi connectivity index (χ0) is 12.3. The van der Waals surface area contributed by atoms with Crippen LogP contribution in [-0.4, -0.2) is 31.4 Å². The molecule has 1 fully saturated rings. The number of thiol groups is 1. The Hall–Kier alpha value is -0.670. The maximum absolute atomic E-state index is 5.16. The molecule has 0 bridgehead atoms. The number of nitrogens with zero attached hydrogens (tertiary/aromatic N) is 1. The average molecular weight is 251 g/mol. The van der Waals surface area contributed by atoms with E-state index >= 15 is 0 Å². The van der Waals surface area contributed by atoms with Crippen LogP contribution in [0, 0.1) is 5.41 Å². The third-order valence-electron chi connectivity index (χ3n) is 3.51. The van der Waals surface area contributed by atoms with Crippen LogP contribution in [-0.2, 0) is 6.54 Å². The van der Waals surface area contributed by atoms with Crippen molar-refractivity contribution >= 4 is 12.6 Å². The first kappa shape index (κ1) is 12.8. The lowest BCUT2D eigenvalue weighted by molar-refractivity contribution is 0.270. The van der Waals surface area contributed by atoms with Crippen molar-refractivity contribution in [2.24, 2.45) is 5.41 Å². The molecule has 0 unspecified atom stereocenters. The third-order valence-corrected chi connectivity index (χ3v) is 4.18. The van der Waals surface area contributed by atoms with Gasteiger partial charge in [-0.15, -0.1) is 0 Å². The molecular weight excluding hydrogens is 230 g/mol. The molecular formula is C14H21NOS. The van der Waals surface area contributed by atoms with Crippen LogP contribution in [0.1, 0.15) is 18.4 Å². The normalized spacial score (nSPS) is 17.2. The van der Waals surface area contributed by atoms with E-state index in [2.05, 4.69) is 36.7 Å². The Kier molecular flexibility index (Phi) is 4.00. The summed E-state index contributed by atoms with van der Waals surface area (Å²) in [6.45, 7) is 2.15. The first-order valence-corrected chi connectivity index (χ1v) is 6.73. The summed E-state index contributed by atoms with van der Waals surface area (Å²) in [7, 11) is 3.89. The van der Waals surface area contributed by atoms with E-state index < -0.39 is 0 Å². The zero-order valence-electron chi connectivity index (χ0n) is 10.6. The van der Waals surface area contributed by atoms with Crippen molar-refractivity contribution in [3.05, 3.63) is 29.8 Å². The van der Waals surface area contributed by atoms with Crippen molar-refractivity contribution in [1.82, 2.24) is 4.90 Å². The summed E-state index contributed by atoms with van der Waals surface area (Å²) in [5.41, 5.74) is 1.84. The van der Waals surface area contributed by atoms with Gasteiger partial charge in [0, 0.05) is 13.1 Å². The van der Waals surface area contributed by atoms with Gasteiger partial charge in [-0.3, -0.25) is 0 Å². The van der Waals surface area contributed by atoms with E-state index in [1.807, 2.05) is 12.1 Å². The van der Waals surface area contributed by atoms with Gasteiger partial charge in [0.15, 0.2) is 0 Å². The van der Waals surface area contributed by atoms with E-state index in [0.29, 0.717) is 5.41 Å². The number of methoxy groups -OCH3 is 1. The highest BCUT2D eigenvalue weighted by Gasteiger charge is 2.41. The van der Waals surface area contributed by atoms with Crippen LogP contribution in [0.15, 0.2) is 24.3 Å². The van der Waals surface area contributed by atoms with Crippen molar-refractivity contribution in [1.29, 1.82) is 0 Å². The lowest BCUT2D eigenvalue weighted by Crippen LogP contribution is -2.27. The van der Waals surface area contributed by atoms with Gasteiger partial charge in [-0.1, -0.05) is 12.1 Å². The van der Waals surface area contributed by atoms with Gasteiger partial charge in [-0.05, 0) is 48.8 Å². The zero-order valence-corrected chi connectivity index (χ0v) is 11.5. The summed E-state index contributed by atoms with van der Waals surface area (Å²) >= 11 is 4.45. The lowest BCUT2D eigenvalue weighted by Gasteiger charge is -2.22. The van der Waals surface area contributed by atoms with Crippen molar-refractivity contribution in [3.63, 3.8) is 0 Å². The minimum absolute atomic E-state index is 0.504. The summed E-state index contributed by atoms with van der Waals surface area (Å²) in [6.07, 6.45) is 2.67. The Morgan fingerprint density at radius 2 is 1.94 bits per heavy atom. The fourth-order valence-electron chi connectivity index (χ4n) is 2.21. The molecule has 2 rings (SSSR count). The molecule has 0 atom stereocenters. The standard InChI is InChI=1S/C14H21NOS/c1-15(10-14(11-17)7-8-14)9-12-3-5-13(16-2)6-4-12/h3-6,17H,7-11H2,1-2H3. The van der Waals surface area contributed by atoms with Crippen LogP contribution in [0.2, 0.25) is 0 Å². The Morgan fingerprint density at radius 3 is 2.41 bits per heavy atom. The highest BCUT2D eigenvalue weighted by atomic mass is 32.1. The summed E-state index contributed by atoms with van der Waals surface area (Å²) in [6, 6.07) is 8.31. The molecule has 1 aliphatic carbocycles. The molecule has 94 valence electrons. The van der Waals surface area contributed by atoms with Gasteiger partial charge in [0.25, 0.3) is 0 Å². The quantitative estimate of drug-likeness (QED) is 0.781. The number of hydrogen-bond donors (Lipinski definition) is 1. The largest absolute Gasteiger partial charge is 0.497 e. The molecule has 0 amide bonds. The van der Waals surface area contributed by atoms with Crippen LogP contribution in [0.4, 0.5) is 0 Å².